The number of ether oxygens (including phenoxy) is 2. The minimum absolute atomic E-state index is 0.0633. The number of rotatable bonds is 7. The number of halogens is 1. The second kappa shape index (κ2) is 9.90. The van der Waals surface area contributed by atoms with Crippen LogP contribution in [-0.4, -0.2) is 31.9 Å². The van der Waals surface area contributed by atoms with Crippen molar-refractivity contribution in [2.24, 2.45) is 0 Å². The molecule has 3 aromatic rings. The summed E-state index contributed by atoms with van der Waals surface area (Å²) in [7, 11) is 3.03. The van der Waals surface area contributed by atoms with E-state index in [1.165, 1.54) is 14.2 Å². The fraction of sp³-hybridized carbons (Fsp3) is 0.115. The number of nitrogens with zero attached hydrogens (tertiary/aromatic N) is 1. The lowest BCUT2D eigenvalue weighted by molar-refractivity contribution is -0.120. The second-order valence-corrected chi connectivity index (χ2v) is 8.07. The molecule has 0 fully saturated rings. The van der Waals surface area contributed by atoms with E-state index in [2.05, 4.69) is 10.6 Å². The van der Waals surface area contributed by atoms with E-state index in [0.717, 1.165) is 10.5 Å². The molecule has 0 atom stereocenters. The third-order valence-electron chi connectivity index (χ3n) is 5.37. The molecule has 4 rings (SSSR count). The Morgan fingerprint density at radius 1 is 0.914 bits per heavy atom. The third-order valence-corrected chi connectivity index (χ3v) is 5.72. The Balaban J connectivity index is 1.53. The van der Waals surface area contributed by atoms with Crippen LogP contribution in [0.15, 0.2) is 77.5 Å². The number of methoxy groups -OCH3 is 2. The summed E-state index contributed by atoms with van der Waals surface area (Å²) in [6.45, 7) is 1.91. The van der Waals surface area contributed by atoms with E-state index >= 15 is 0 Å². The zero-order chi connectivity index (χ0) is 25.1. The number of imide groups is 1. The molecule has 1 heterocycles. The van der Waals surface area contributed by atoms with Crippen LogP contribution in [0.5, 0.6) is 11.5 Å². The first-order chi connectivity index (χ1) is 16.8. The molecule has 0 unspecified atom stereocenters. The van der Waals surface area contributed by atoms with Crippen molar-refractivity contribution in [3.05, 3.63) is 88.6 Å². The summed E-state index contributed by atoms with van der Waals surface area (Å²) >= 11 is 6.22. The first-order valence-corrected chi connectivity index (χ1v) is 11.0. The van der Waals surface area contributed by atoms with E-state index in [-0.39, 0.29) is 10.7 Å². The molecular weight excluding hydrogens is 470 g/mol. The maximum absolute atomic E-state index is 13.0. The van der Waals surface area contributed by atoms with Crippen molar-refractivity contribution in [1.29, 1.82) is 0 Å². The number of anilines is 3. The van der Waals surface area contributed by atoms with Gasteiger partial charge in [0.15, 0.2) is 0 Å². The van der Waals surface area contributed by atoms with Crippen LogP contribution in [-0.2, 0) is 9.59 Å². The smallest absolute Gasteiger partial charge is 0.283 e. The van der Waals surface area contributed by atoms with Crippen LogP contribution < -0.4 is 25.0 Å². The van der Waals surface area contributed by atoms with E-state index < -0.39 is 17.7 Å². The van der Waals surface area contributed by atoms with E-state index in [4.69, 9.17) is 21.1 Å². The summed E-state index contributed by atoms with van der Waals surface area (Å²) in [5, 5.41) is 5.46. The van der Waals surface area contributed by atoms with Crippen LogP contribution in [0.1, 0.15) is 15.9 Å². The number of nitrogens with one attached hydrogen (secondary N) is 2. The Bertz CT molecular complexity index is 1350. The molecule has 1 aliphatic rings. The highest BCUT2D eigenvalue weighted by Gasteiger charge is 2.38. The van der Waals surface area contributed by atoms with Gasteiger partial charge < -0.3 is 20.1 Å². The van der Waals surface area contributed by atoms with Crippen LogP contribution in [0.4, 0.5) is 17.1 Å². The van der Waals surface area contributed by atoms with Crippen LogP contribution in [0.2, 0.25) is 0 Å². The molecule has 0 bridgehead atoms. The molecule has 0 aliphatic carbocycles. The minimum atomic E-state index is -0.622. The number of carbonyl (C=O) groups excluding carboxylic acids is 3. The van der Waals surface area contributed by atoms with Crippen LogP contribution in [0.3, 0.4) is 0 Å². The minimum Gasteiger partial charge on any atom is -0.497 e. The lowest BCUT2D eigenvalue weighted by atomic mass is 10.1. The summed E-state index contributed by atoms with van der Waals surface area (Å²) in [5.74, 6) is -0.570. The average Bonchev–Trinajstić information content (AvgIpc) is 3.08. The van der Waals surface area contributed by atoms with Gasteiger partial charge in [0.25, 0.3) is 17.7 Å². The van der Waals surface area contributed by atoms with Crippen LogP contribution in [0, 0.1) is 6.92 Å². The van der Waals surface area contributed by atoms with E-state index in [0.29, 0.717) is 34.1 Å². The zero-order valence-corrected chi connectivity index (χ0v) is 20.0. The second-order valence-electron chi connectivity index (χ2n) is 7.70. The number of hydrogen-bond donors (Lipinski definition) is 2. The predicted molar refractivity (Wildman–Crippen MR) is 134 cm³/mol. The van der Waals surface area contributed by atoms with Crippen molar-refractivity contribution >= 4 is 46.4 Å². The Labute approximate surface area is 207 Å². The van der Waals surface area contributed by atoms with Crippen molar-refractivity contribution in [3.8, 4) is 11.5 Å². The van der Waals surface area contributed by atoms with Gasteiger partial charge in [0, 0.05) is 17.3 Å². The Kier molecular flexibility index (Phi) is 6.75. The van der Waals surface area contributed by atoms with Gasteiger partial charge in [-0.15, -0.1) is 0 Å². The maximum Gasteiger partial charge on any atom is 0.283 e. The molecule has 35 heavy (non-hydrogen) atoms. The first kappa shape index (κ1) is 23.8. The zero-order valence-electron chi connectivity index (χ0n) is 19.2. The third kappa shape index (κ3) is 4.83. The Morgan fingerprint density at radius 2 is 1.66 bits per heavy atom. The lowest BCUT2D eigenvalue weighted by Gasteiger charge is -2.15. The molecule has 1 aliphatic heterocycles. The molecule has 3 amide bonds. The van der Waals surface area contributed by atoms with Crippen LogP contribution in [0.25, 0.3) is 0 Å². The van der Waals surface area contributed by atoms with E-state index in [1.807, 2.05) is 6.92 Å². The van der Waals surface area contributed by atoms with Gasteiger partial charge in [-0.25, -0.2) is 4.90 Å². The van der Waals surface area contributed by atoms with Gasteiger partial charge in [0.2, 0.25) is 0 Å². The monoisotopic (exact) mass is 491 g/mol. The average molecular weight is 492 g/mol. The number of carbonyl (C=O) groups is 3. The quantitative estimate of drug-likeness (QED) is 0.465. The molecule has 178 valence electrons. The normalized spacial score (nSPS) is 13.2. The van der Waals surface area contributed by atoms with Gasteiger partial charge in [-0.1, -0.05) is 35.4 Å². The molecule has 0 saturated carbocycles. The molecule has 3 aromatic carbocycles. The standard InChI is InChI=1S/C26H22ClN3O5/c1-15-7-9-18(10-8-15)30-25(32)22(27)23(26(30)33)28-17-6-4-5-16(13-17)24(31)29-20-12-11-19(34-2)14-21(20)35-3/h4-14,28H,1-3H3,(H,29,31). The molecule has 8 nitrogen and oxygen atoms in total. The SMILES string of the molecule is COc1ccc(NC(=O)c2cccc(NC3=C(Cl)C(=O)N(c4ccc(C)cc4)C3=O)c2)c(OC)c1. The van der Waals surface area contributed by atoms with Gasteiger partial charge in [-0.05, 0) is 49.4 Å². The molecule has 9 heteroatoms. The van der Waals surface area contributed by atoms with Gasteiger partial charge in [-0.3, -0.25) is 14.4 Å². The summed E-state index contributed by atoms with van der Waals surface area (Å²) in [6, 6.07) is 18.5. The summed E-state index contributed by atoms with van der Waals surface area (Å²) in [5.41, 5.74) is 2.55. The number of benzene rings is 3. The molecule has 0 radical (unpaired) electrons. The summed E-state index contributed by atoms with van der Waals surface area (Å²) in [4.78, 5) is 39.6. The summed E-state index contributed by atoms with van der Waals surface area (Å²) in [6.07, 6.45) is 0. The van der Waals surface area contributed by atoms with Gasteiger partial charge >= 0.3 is 0 Å². The number of hydrogen-bond acceptors (Lipinski definition) is 6. The molecule has 0 spiro atoms. The van der Waals surface area contributed by atoms with Crippen molar-refractivity contribution in [3.63, 3.8) is 0 Å². The molecule has 2 N–H and O–H groups in total. The molecular formula is C26H22ClN3O5. The first-order valence-electron chi connectivity index (χ1n) is 10.6. The molecule has 0 aromatic heterocycles. The van der Waals surface area contributed by atoms with E-state index in [9.17, 15) is 14.4 Å². The highest BCUT2D eigenvalue weighted by molar-refractivity contribution is 6.53. The van der Waals surface area contributed by atoms with Crippen molar-refractivity contribution in [2.75, 3.05) is 29.8 Å². The van der Waals surface area contributed by atoms with Gasteiger partial charge in [0.05, 0.1) is 25.6 Å². The number of aryl methyl sites for hydroxylation is 1. The highest BCUT2D eigenvalue weighted by Crippen LogP contribution is 2.31. The molecule has 0 saturated heterocycles. The lowest BCUT2D eigenvalue weighted by Crippen LogP contribution is -2.32. The van der Waals surface area contributed by atoms with Crippen LogP contribution >= 0.6 is 11.6 Å². The number of amides is 3. The Hall–Kier alpha value is -4.30. The van der Waals surface area contributed by atoms with Gasteiger partial charge in [-0.2, -0.15) is 0 Å². The maximum atomic E-state index is 13.0. The van der Waals surface area contributed by atoms with Crippen molar-refractivity contribution in [1.82, 2.24) is 0 Å². The highest BCUT2D eigenvalue weighted by atomic mass is 35.5. The fourth-order valence-electron chi connectivity index (χ4n) is 3.52. The van der Waals surface area contributed by atoms with Gasteiger partial charge in [0.1, 0.15) is 22.2 Å². The van der Waals surface area contributed by atoms with Crippen molar-refractivity contribution in [2.45, 2.75) is 6.92 Å². The predicted octanol–water partition coefficient (Wildman–Crippen LogP) is 4.70. The fourth-order valence-corrected chi connectivity index (χ4v) is 3.73. The summed E-state index contributed by atoms with van der Waals surface area (Å²) < 4.78 is 10.5. The van der Waals surface area contributed by atoms with E-state index in [1.54, 1.807) is 66.7 Å². The largest absolute Gasteiger partial charge is 0.497 e. The van der Waals surface area contributed by atoms with Crippen molar-refractivity contribution < 1.29 is 23.9 Å². The Morgan fingerprint density at radius 3 is 2.34 bits per heavy atom. The topological polar surface area (TPSA) is 97.0 Å².